The number of hydrogen-bond acceptors (Lipinski definition) is 6. The van der Waals surface area contributed by atoms with Crippen molar-refractivity contribution in [3.8, 4) is 0 Å². The number of carbonyl (C=O) groups excluding carboxylic acids is 2. The smallest absolute Gasteiger partial charge is 0.255 e. The van der Waals surface area contributed by atoms with E-state index in [1.807, 2.05) is 45.0 Å². The lowest BCUT2D eigenvalue weighted by Crippen LogP contribution is -2.46. The summed E-state index contributed by atoms with van der Waals surface area (Å²) in [5.74, 6) is 0.0811. The summed E-state index contributed by atoms with van der Waals surface area (Å²) < 4.78 is 4.88. The Morgan fingerprint density at radius 2 is 1.91 bits per heavy atom. The number of anilines is 1. The van der Waals surface area contributed by atoms with Crippen LogP contribution in [0.3, 0.4) is 0 Å². The summed E-state index contributed by atoms with van der Waals surface area (Å²) in [6, 6.07) is 13.4. The van der Waals surface area contributed by atoms with Crippen molar-refractivity contribution >= 4 is 39.3 Å². The van der Waals surface area contributed by atoms with Gasteiger partial charge < -0.3 is 10.6 Å². The first-order valence-corrected chi connectivity index (χ1v) is 11.7. The van der Waals surface area contributed by atoms with Crippen LogP contribution in [0.4, 0.5) is 5.69 Å². The second kappa shape index (κ2) is 9.34. The van der Waals surface area contributed by atoms with Crippen molar-refractivity contribution in [3.05, 3.63) is 53.6 Å². The van der Waals surface area contributed by atoms with Crippen molar-refractivity contribution in [2.75, 3.05) is 18.4 Å². The average Bonchev–Trinajstić information content (AvgIpc) is 3.21. The summed E-state index contributed by atoms with van der Waals surface area (Å²) in [7, 11) is 0. The van der Waals surface area contributed by atoms with E-state index in [2.05, 4.69) is 31.2 Å². The molecule has 0 atom stereocenters. The van der Waals surface area contributed by atoms with Crippen molar-refractivity contribution in [2.24, 2.45) is 5.92 Å². The van der Waals surface area contributed by atoms with Crippen LogP contribution in [0.5, 0.6) is 0 Å². The molecule has 1 saturated heterocycles. The van der Waals surface area contributed by atoms with Crippen LogP contribution in [0.15, 0.2) is 42.5 Å². The topological polar surface area (TPSA) is 87.2 Å². The fraction of sp³-hybridized carbons (Fsp3) is 0.417. The van der Waals surface area contributed by atoms with Crippen LogP contribution in [0.2, 0.25) is 0 Å². The number of fused-ring (bicyclic) bond motifs is 1. The summed E-state index contributed by atoms with van der Waals surface area (Å²) in [6.07, 6.45) is 1.73. The predicted octanol–water partition coefficient (Wildman–Crippen LogP) is 4.07. The second-order valence-electron chi connectivity index (χ2n) is 9.40. The van der Waals surface area contributed by atoms with Crippen molar-refractivity contribution in [1.29, 1.82) is 0 Å². The number of likely N-dealkylation sites (tertiary alicyclic amines) is 1. The van der Waals surface area contributed by atoms with Crippen LogP contribution >= 0.6 is 11.5 Å². The van der Waals surface area contributed by atoms with Crippen LogP contribution in [0.25, 0.3) is 10.2 Å². The fourth-order valence-corrected chi connectivity index (χ4v) is 4.50. The predicted molar refractivity (Wildman–Crippen MR) is 128 cm³/mol. The molecule has 1 aliphatic heterocycles. The Morgan fingerprint density at radius 3 is 2.66 bits per heavy atom. The Labute approximate surface area is 192 Å². The second-order valence-corrected chi connectivity index (χ2v) is 10.2. The van der Waals surface area contributed by atoms with E-state index in [1.54, 1.807) is 12.1 Å². The molecule has 7 nitrogen and oxygen atoms in total. The van der Waals surface area contributed by atoms with E-state index in [0.29, 0.717) is 5.56 Å². The highest BCUT2D eigenvalue weighted by Gasteiger charge is 2.27. The van der Waals surface area contributed by atoms with E-state index in [9.17, 15) is 9.59 Å². The minimum absolute atomic E-state index is 0.0846. The van der Waals surface area contributed by atoms with Gasteiger partial charge in [0.05, 0.1) is 4.70 Å². The summed E-state index contributed by atoms with van der Waals surface area (Å²) in [4.78, 5) is 27.5. The van der Waals surface area contributed by atoms with Gasteiger partial charge in [0.1, 0.15) is 5.52 Å². The summed E-state index contributed by atoms with van der Waals surface area (Å²) >= 11 is 1.31. The summed E-state index contributed by atoms with van der Waals surface area (Å²) in [5.41, 5.74) is 3.01. The molecule has 168 valence electrons. The first-order valence-electron chi connectivity index (χ1n) is 10.9. The zero-order valence-corrected chi connectivity index (χ0v) is 19.5. The Hall–Kier alpha value is -2.84. The van der Waals surface area contributed by atoms with Gasteiger partial charge in [-0.05, 0) is 94.1 Å². The number of nitrogens with one attached hydrogen (secondary N) is 2. The molecule has 2 aromatic carbocycles. The number of nitrogens with zero attached hydrogens (tertiary/aromatic N) is 3. The molecular weight excluding hydrogens is 422 g/mol. The number of benzene rings is 2. The molecule has 1 fully saturated rings. The maximum Gasteiger partial charge on any atom is 0.255 e. The van der Waals surface area contributed by atoms with Gasteiger partial charge in [-0.25, -0.2) is 0 Å². The quantitative estimate of drug-likeness (QED) is 0.611. The zero-order valence-electron chi connectivity index (χ0n) is 18.7. The first-order chi connectivity index (χ1) is 15.3. The molecular formula is C24H29N5O2S. The molecule has 2 heterocycles. The summed E-state index contributed by atoms with van der Waals surface area (Å²) in [5, 5.41) is 10.1. The molecule has 2 N–H and O–H groups in total. The molecule has 2 amide bonds. The van der Waals surface area contributed by atoms with Gasteiger partial charge in [-0.1, -0.05) is 16.6 Å². The number of carbonyl (C=O) groups is 2. The van der Waals surface area contributed by atoms with Gasteiger partial charge in [-0.15, -0.1) is 5.10 Å². The molecule has 4 rings (SSSR count). The fourth-order valence-electron chi connectivity index (χ4n) is 3.96. The van der Waals surface area contributed by atoms with Gasteiger partial charge in [0.2, 0.25) is 5.91 Å². The third kappa shape index (κ3) is 5.69. The van der Waals surface area contributed by atoms with Gasteiger partial charge in [0.15, 0.2) is 0 Å². The monoisotopic (exact) mass is 451 g/mol. The molecule has 0 bridgehead atoms. The third-order valence-corrected chi connectivity index (χ3v) is 6.26. The number of rotatable bonds is 5. The van der Waals surface area contributed by atoms with Gasteiger partial charge in [-0.2, -0.15) is 0 Å². The number of aromatic nitrogens is 2. The van der Waals surface area contributed by atoms with Crippen LogP contribution in [0, 0.1) is 5.92 Å². The Bertz CT molecular complexity index is 1110. The first kappa shape index (κ1) is 22.4. The molecule has 3 aromatic rings. The maximum atomic E-state index is 12.7. The van der Waals surface area contributed by atoms with Crippen molar-refractivity contribution in [2.45, 2.75) is 45.7 Å². The minimum atomic E-state index is -0.193. The molecule has 0 unspecified atom stereocenters. The normalized spacial score (nSPS) is 15.6. The van der Waals surface area contributed by atoms with E-state index < -0.39 is 0 Å². The van der Waals surface area contributed by atoms with E-state index >= 15 is 0 Å². The Kier molecular flexibility index (Phi) is 6.53. The van der Waals surface area contributed by atoms with Gasteiger partial charge >= 0.3 is 0 Å². The van der Waals surface area contributed by atoms with Crippen LogP contribution in [-0.4, -0.2) is 44.9 Å². The molecule has 0 spiro atoms. The molecule has 8 heteroatoms. The molecule has 32 heavy (non-hydrogen) atoms. The van der Waals surface area contributed by atoms with Crippen LogP contribution < -0.4 is 10.6 Å². The summed E-state index contributed by atoms with van der Waals surface area (Å²) in [6.45, 7) is 8.62. The standard InChI is InChI=1S/C24H29N5O2S/c1-24(2,3)26-23(31)17-9-11-29(12-10-17)15-16-5-4-6-19(13-16)25-22(30)18-7-8-21-20(14-18)27-28-32-21/h4-8,13-14,17H,9-12,15H2,1-3H3,(H,25,30)(H,26,31). The molecule has 0 saturated carbocycles. The van der Waals surface area contributed by atoms with Crippen LogP contribution in [0.1, 0.15) is 49.5 Å². The van der Waals surface area contributed by atoms with Gasteiger partial charge in [0, 0.05) is 29.3 Å². The maximum absolute atomic E-state index is 12.7. The lowest BCUT2D eigenvalue weighted by Gasteiger charge is -2.33. The highest BCUT2D eigenvalue weighted by molar-refractivity contribution is 7.12. The average molecular weight is 452 g/mol. The Morgan fingerprint density at radius 1 is 1.12 bits per heavy atom. The highest BCUT2D eigenvalue weighted by Crippen LogP contribution is 2.22. The largest absolute Gasteiger partial charge is 0.351 e. The highest BCUT2D eigenvalue weighted by atomic mass is 32.1. The van der Waals surface area contributed by atoms with E-state index in [1.165, 1.54) is 11.5 Å². The van der Waals surface area contributed by atoms with Crippen molar-refractivity contribution < 1.29 is 9.59 Å². The lowest BCUT2D eigenvalue weighted by atomic mass is 9.94. The molecule has 0 radical (unpaired) electrons. The number of piperidine rings is 1. The third-order valence-electron chi connectivity index (χ3n) is 5.56. The van der Waals surface area contributed by atoms with Crippen molar-refractivity contribution in [3.63, 3.8) is 0 Å². The molecule has 1 aromatic heterocycles. The van der Waals surface area contributed by atoms with E-state index in [4.69, 9.17) is 0 Å². The van der Waals surface area contributed by atoms with E-state index in [0.717, 1.165) is 53.9 Å². The minimum Gasteiger partial charge on any atom is -0.351 e. The zero-order chi connectivity index (χ0) is 22.7. The van der Waals surface area contributed by atoms with Gasteiger partial charge in [-0.3, -0.25) is 14.5 Å². The molecule has 0 aliphatic carbocycles. The number of hydrogen-bond donors (Lipinski definition) is 2. The molecule has 1 aliphatic rings. The van der Waals surface area contributed by atoms with Crippen LogP contribution in [-0.2, 0) is 11.3 Å². The Balaban J connectivity index is 1.32. The van der Waals surface area contributed by atoms with Gasteiger partial charge in [0.25, 0.3) is 5.91 Å². The van der Waals surface area contributed by atoms with E-state index in [-0.39, 0.29) is 23.3 Å². The number of amides is 2. The lowest BCUT2D eigenvalue weighted by molar-refractivity contribution is -0.127. The SMILES string of the molecule is CC(C)(C)NC(=O)C1CCN(Cc2cccc(NC(=O)c3ccc4snnc4c3)c2)CC1. The van der Waals surface area contributed by atoms with Crippen molar-refractivity contribution in [1.82, 2.24) is 19.8 Å².